The first-order chi connectivity index (χ1) is 16.2. The minimum absolute atomic E-state index is 0.0119. The van der Waals surface area contributed by atoms with Crippen LogP contribution in [0.3, 0.4) is 0 Å². The van der Waals surface area contributed by atoms with Crippen molar-refractivity contribution in [1.82, 2.24) is 25.3 Å². The van der Waals surface area contributed by atoms with Crippen LogP contribution in [-0.4, -0.2) is 64.2 Å². The maximum Gasteiger partial charge on any atom is 0.322 e. The summed E-state index contributed by atoms with van der Waals surface area (Å²) in [7, 11) is 0. The fourth-order valence-electron chi connectivity index (χ4n) is 3.62. The third-order valence-electron chi connectivity index (χ3n) is 5.60. The topological polar surface area (TPSA) is 104 Å². The Morgan fingerprint density at radius 1 is 1.32 bits per heavy atom. The standard InChI is InChI=1S/C23H31ClN6O3S/c1-23(2,3)19-13-20(30(28-19)15-4-5-18(31)17(24)12-15)26-21(32)27-22-25-14-16(34-22)6-7-29-8-10-33-11-9-29/h4-5,12-14,22,25,31H,6-11H2,1-3H3,(H2,26,27,32). The molecule has 34 heavy (non-hydrogen) atoms. The second kappa shape index (κ2) is 10.5. The number of carbonyl (C=O) groups is 1. The van der Waals surface area contributed by atoms with Crippen molar-refractivity contribution in [3.8, 4) is 11.4 Å². The Kier molecular flexibility index (Phi) is 7.61. The first kappa shape index (κ1) is 24.7. The van der Waals surface area contributed by atoms with Gasteiger partial charge in [0.25, 0.3) is 0 Å². The van der Waals surface area contributed by atoms with Gasteiger partial charge in [0.15, 0.2) is 5.50 Å². The minimum atomic E-state index is -0.348. The van der Waals surface area contributed by atoms with Crippen LogP contribution in [0.2, 0.25) is 5.02 Å². The predicted octanol–water partition coefficient (Wildman–Crippen LogP) is 3.83. The molecule has 2 aliphatic rings. The number of nitrogens with zero attached hydrogens (tertiary/aromatic N) is 3. The SMILES string of the molecule is CC(C)(C)c1cc(NC(=O)NC2NC=C(CCN3CCOCC3)S2)n(-c2ccc(O)c(Cl)c2)n1. The number of hydrogen-bond acceptors (Lipinski definition) is 7. The molecule has 1 atom stereocenters. The summed E-state index contributed by atoms with van der Waals surface area (Å²) in [5, 5.41) is 23.7. The molecule has 184 valence electrons. The summed E-state index contributed by atoms with van der Waals surface area (Å²) in [4.78, 5) is 16.4. The van der Waals surface area contributed by atoms with E-state index in [1.165, 1.54) is 11.0 Å². The monoisotopic (exact) mass is 506 g/mol. The molecule has 11 heteroatoms. The van der Waals surface area contributed by atoms with Crippen LogP contribution < -0.4 is 16.0 Å². The molecule has 0 radical (unpaired) electrons. The fraction of sp³-hybridized carbons (Fsp3) is 0.478. The van der Waals surface area contributed by atoms with Gasteiger partial charge in [-0.25, -0.2) is 9.48 Å². The highest BCUT2D eigenvalue weighted by Gasteiger charge is 2.24. The van der Waals surface area contributed by atoms with Crippen molar-refractivity contribution in [2.75, 3.05) is 38.2 Å². The Morgan fingerprint density at radius 3 is 2.79 bits per heavy atom. The maximum atomic E-state index is 12.8. The van der Waals surface area contributed by atoms with E-state index in [4.69, 9.17) is 16.3 Å². The number of urea groups is 1. The first-order valence-corrected chi connectivity index (χ1v) is 12.5. The normalized spacial score (nSPS) is 18.9. The molecule has 2 aliphatic heterocycles. The minimum Gasteiger partial charge on any atom is -0.506 e. The number of aromatic nitrogens is 2. The lowest BCUT2D eigenvalue weighted by Gasteiger charge is -2.26. The number of ether oxygens (including phenoxy) is 1. The van der Waals surface area contributed by atoms with Crippen molar-refractivity contribution in [3.63, 3.8) is 0 Å². The summed E-state index contributed by atoms with van der Waals surface area (Å²) in [5.41, 5.74) is 0.976. The molecule has 1 aromatic carbocycles. The van der Waals surface area contributed by atoms with Crippen molar-refractivity contribution < 1.29 is 14.6 Å². The van der Waals surface area contributed by atoms with Gasteiger partial charge in [-0.2, -0.15) is 5.10 Å². The Balaban J connectivity index is 1.38. The molecule has 2 amide bonds. The summed E-state index contributed by atoms with van der Waals surface area (Å²) in [6, 6.07) is 6.31. The number of nitrogens with one attached hydrogen (secondary N) is 3. The summed E-state index contributed by atoms with van der Waals surface area (Å²) in [6.45, 7) is 10.6. The number of benzene rings is 1. The number of aromatic hydroxyl groups is 1. The maximum absolute atomic E-state index is 12.8. The van der Waals surface area contributed by atoms with E-state index < -0.39 is 0 Å². The molecule has 1 saturated heterocycles. The fourth-order valence-corrected chi connectivity index (χ4v) is 4.74. The highest BCUT2D eigenvalue weighted by molar-refractivity contribution is 8.03. The molecule has 4 rings (SSSR count). The van der Waals surface area contributed by atoms with Crippen molar-refractivity contribution in [2.24, 2.45) is 0 Å². The largest absolute Gasteiger partial charge is 0.506 e. The third-order valence-corrected chi connectivity index (χ3v) is 7.02. The zero-order chi connectivity index (χ0) is 24.3. The van der Waals surface area contributed by atoms with Gasteiger partial charge < -0.3 is 20.5 Å². The Labute approximate surface area is 208 Å². The highest BCUT2D eigenvalue weighted by atomic mass is 35.5. The molecule has 0 bridgehead atoms. The second-order valence-electron chi connectivity index (χ2n) is 9.29. The van der Waals surface area contributed by atoms with E-state index in [1.807, 2.05) is 12.3 Å². The number of halogens is 1. The van der Waals surface area contributed by atoms with E-state index >= 15 is 0 Å². The molecule has 9 nitrogen and oxygen atoms in total. The van der Waals surface area contributed by atoms with Crippen LogP contribution >= 0.6 is 23.4 Å². The van der Waals surface area contributed by atoms with E-state index in [1.54, 1.807) is 28.6 Å². The lowest BCUT2D eigenvalue weighted by molar-refractivity contribution is 0.0386. The van der Waals surface area contributed by atoms with Gasteiger partial charge in [0.1, 0.15) is 11.6 Å². The van der Waals surface area contributed by atoms with Gasteiger partial charge in [-0.05, 0) is 24.6 Å². The number of hydrogen-bond donors (Lipinski definition) is 4. The van der Waals surface area contributed by atoms with Crippen LogP contribution in [0.25, 0.3) is 5.69 Å². The van der Waals surface area contributed by atoms with Gasteiger partial charge in [-0.3, -0.25) is 10.2 Å². The van der Waals surface area contributed by atoms with Crippen molar-refractivity contribution in [1.29, 1.82) is 0 Å². The van der Waals surface area contributed by atoms with Crippen LogP contribution in [0.15, 0.2) is 35.4 Å². The number of thioether (sulfide) groups is 1. The quantitative estimate of drug-likeness (QED) is 0.472. The lowest BCUT2D eigenvalue weighted by atomic mass is 9.92. The molecule has 1 aromatic heterocycles. The number of phenols is 1. The third kappa shape index (κ3) is 6.18. The van der Waals surface area contributed by atoms with E-state index in [9.17, 15) is 9.90 Å². The average Bonchev–Trinajstić information content (AvgIpc) is 3.42. The molecule has 1 fully saturated rings. The van der Waals surface area contributed by atoms with Crippen LogP contribution in [0.1, 0.15) is 32.9 Å². The number of anilines is 1. The summed E-state index contributed by atoms with van der Waals surface area (Å²) >= 11 is 7.71. The first-order valence-electron chi connectivity index (χ1n) is 11.3. The lowest BCUT2D eigenvalue weighted by Crippen LogP contribution is -2.41. The van der Waals surface area contributed by atoms with Gasteiger partial charge in [-0.1, -0.05) is 44.1 Å². The van der Waals surface area contributed by atoms with Gasteiger partial charge in [-0.15, -0.1) is 0 Å². The molecule has 4 N–H and O–H groups in total. The van der Waals surface area contributed by atoms with E-state index in [0.717, 1.165) is 45.0 Å². The van der Waals surface area contributed by atoms with E-state index in [-0.39, 0.29) is 27.7 Å². The van der Waals surface area contributed by atoms with Gasteiger partial charge in [0, 0.05) is 42.2 Å². The second-order valence-corrected chi connectivity index (χ2v) is 10.9. The molecule has 2 aromatic rings. The predicted molar refractivity (Wildman–Crippen MR) is 136 cm³/mol. The number of morpholine rings is 1. The molecule has 0 saturated carbocycles. The Hall–Kier alpha value is -2.40. The van der Waals surface area contributed by atoms with Crippen LogP contribution in [-0.2, 0) is 10.2 Å². The molecule has 3 heterocycles. The Morgan fingerprint density at radius 2 is 2.09 bits per heavy atom. The van der Waals surface area contributed by atoms with Gasteiger partial charge in [0.2, 0.25) is 0 Å². The molecule has 1 unspecified atom stereocenters. The van der Waals surface area contributed by atoms with Crippen molar-refractivity contribution in [3.05, 3.63) is 46.1 Å². The number of carbonyl (C=O) groups excluding carboxylic acids is 1. The van der Waals surface area contributed by atoms with Gasteiger partial charge >= 0.3 is 6.03 Å². The molecular weight excluding hydrogens is 476 g/mol. The number of phenolic OH excluding ortho intramolecular Hbond substituents is 1. The number of rotatable bonds is 6. The summed E-state index contributed by atoms with van der Waals surface area (Å²) in [5.74, 6) is 0.495. The van der Waals surface area contributed by atoms with Crippen LogP contribution in [0, 0.1) is 0 Å². The average molecular weight is 507 g/mol. The van der Waals surface area contributed by atoms with E-state index in [0.29, 0.717) is 11.5 Å². The van der Waals surface area contributed by atoms with Crippen LogP contribution in [0.5, 0.6) is 5.75 Å². The zero-order valence-electron chi connectivity index (χ0n) is 19.6. The summed E-state index contributed by atoms with van der Waals surface area (Å²) < 4.78 is 7.01. The highest BCUT2D eigenvalue weighted by Crippen LogP contribution is 2.30. The molecule has 0 spiro atoms. The molecule has 0 aliphatic carbocycles. The Bertz CT molecular complexity index is 1060. The van der Waals surface area contributed by atoms with Crippen molar-refractivity contribution in [2.45, 2.75) is 38.1 Å². The zero-order valence-corrected chi connectivity index (χ0v) is 21.2. The smallest absolute Gasteiger partial charge is 0.322 e. The number of amides is 2. The van der Waals surface area contributed by atoms with Crippen molar-refractivity contribution >= 4 is 35.2 Å². The molecular formula is C23H31ClN6O3S. The van der Waals surface area contributed by atoms with Crippen LogP contribution in [0.4, 0.5) is 10.6 Å². The summed E-state index contributed by atoms with van der Waals surface area (Å²) in [6.07, 6.45) is 2.90. The van der Waals surface area contributed by atoms with Gasteiger partial charge in [0.05, 0.1) is 29.6 Å². The van der Waals surface area contributed by atoms with E-state index in [2.05, 4.69) is 46.7 Å².